The number of nitrogens with two attached hydrogens (primary N) is 1. The van der Waals surface area contributed by atoms with Crippen LogP contribution in [0.1, 0.15) is 17.5 Å². The predicted molar refractivity (Wildman–Crippen MR) is 81.5 cm³/mol. The highest BCUT2D eigenvalue weighted by atomic mass is 16.6. The summed E-state index contributed by atoms with van der Waals surface area (Å²) in [6.07, 6.45) is 3.76. The van der Waals surface area contributed by atoms with Crippen molar-refractivity contribution in [3.8, 4) is 11.1 Å². The quantitative estimate of drug-likeness (QED) is 0.849. The first-order valence-electron chi connectivity index (χ1n) is 7.47. The van der Waals surface area contributed by atoms with Crippen LogP contribution in [0.15, 0.2) is 30.6 Å². The van der Waals surface area contributed by atoms with Crippen molar-refractivity contribution >= 4 is 17.9 Å². The first-order chi connectivity index (χ1) is 11.5. The number of aromatic nitrogens is 2. The van der Waals surface area contributed by atoms with E-state index in [2.05, 4.69) is 10.4 Å². The maximum Gasteiger partial charge on any atom is 0.415 e. The molecule has 0 bridgehead atoms. The van der Waals surface area contributed by atoms with Crippen LogP contribution in [0.25, 0.3) is 11.1 Å². The molecule has 8 heteroatoms. The lowest BCUT2D eigenvalue weighted by molar-refractivity contribution is -0.132. The number of alkyl carbamates (subject to hydrolysis) is 1. The van der Waals surface area contributed by atoms with Gasteiger partial charge in [-0.3, -0.25) is 19.6 Å². The minimum Gasteiger partial charge on any atom is -0.427 e. The SMILES string of the molecule is NC(=O)Cn1cc(-c2ccc3c(c2)CCC32OC(=O)NC2=O)cn1. The van der Waals surface area contributed by atoms with E-state index in [1.807, 2.05) is 12.1 Å². The summed E-state index contributed by atoms with van der Waals surface area (Å²) in [4.78, 5) is 34.5. The molecule has 122 valence electrons. The van der Waals surface area contributed by atoms with Crippen LogP contribution in [-0.2, 0) is 32.9 Å². The molecule has 2 aliphatic rings. The monoisotopic (exact) mass is 326 g/mol. The highest BCUT2D eigenvalue weighted by molar-refractivity contribution is 6.04. The minimum atomic E-state index is -1.19. The molecule has 0 saturated carbocycles. The molecule has 2 heterocycles. The smallest absolute Gasteiger partial charge is 0.415 e. The van der Waals surface area contributed by atoms with E-state index in [0.29, 0.717) is 12.8 Å². The first kappa shape index (κ1) is 14.4. The van der Waals surface area contributed by atoms with Gasteiger partial charge in [0.15, 0.2) is 0 Å². The van der Waals surface area contributed by atoms with Crippen LogP contribution in [0.4, 0.5) is 4.79 Å². The average Bonchev–Trinajstić information content (AvgIpc) is 3.19. The molecule has 1 aliphatic carbocycles. The van der Waals surface area contributed by atoms with Crippen LogP contribution in [0.3, 0.4) is 0 Å². The third-order valence-corrected chi connectivity index (χ3v) is 4.42. The van der Waals surface area contributed by atoms with Gasteiger partial charge in [-0.1, -0.05) is 18.2 Å². The zero-order chi connectivity index (χ0) is 16.9. The van der Waals surface area contributed by atoms with Crippen LogP contribution in [0.5, 0.6) is 0 Å². The van der Waals surface area contributed by atoms with Gasteiger partial charge in [-0.25, -0.2) is 4.79 Å². The van der Waals surface area contributed by atoms with Crippen molar-refractivity contribution in [1.82, 2.24) is 15.1 Å². The number of amides is 3. The fourth-order valence-corrected chi connectivity index (χ4v) is 3.34. The normalized spacial score (nSPS) is 21.7. The van der Waals surface area contributed by atoms with E-state index in [0.717, 1.165) is 22.3 Å². The molecular weight excluding hydrogens is 312 g/mol. The molecule has 8 nitrogen and oxygen atoms in total. The van der Waals surface area contributed by atoms with E-state index in [1.165, 1.54) is 4.68 Å². The van der Waals surface area contributed by atoms with E-state index in [4.69, 9.17) is 10.5 Å². The van der Waals surface area contributed by atoms with E-state index in [1.54, 1.807) is 18.5 Å². The second-order valence-corrected chi connectivity index (χ2v) is 5.94. The lowest BCUT2D eigenvalue weighted by atomic mass is 9.94. The molecule has 3 N–H and O–H groups in total. The number of aryl methyl sites for hydroxylation is 1. The van der Waals surface area contributed by atoms with Gasteiger partial charge in [0.1, 0.15) is 6.54 Å². The molecule has 2 aromatic rings. The number of primary amides is 1. The Bertz CT molecular complexity index is 888. The summed E-state index contributed by atoms with van der Waals surface area (Å²) >= 11 is 0. The van der Waals surface area contributed by atoms with E-state index < -0.39 is 23.5 Å². The molecule has 1 aromatic carbocycles. The third-order valence-electron chi connectivity index (χ3n) is 4.42. The summed E-state index contributed by atoms with van der Waals surface area (Å²) in [5.74, 6) is -0.872. The van der Waals surface area contributed by atoms with Gasteiger partial charge < -0.3 is 10.5 Å². The number of carbonyl (C=O) groups excluding carboxylic acids is 3. The summed E-state index contributed by atoms with van der Waals surface area (Å²) in [6.45, 7) is 0.0180. The molecule has 1 saturated heterocycles. The van der Waals surface area contributed by atoms with E-state index in [-0.39, 0.29) is 6.54 Å². The number of carbonyl (C=O) groups is 3. The Balaban J connectivity index is 1.68. The summed E-state index contributed by atoms with van der Waals surface area (Å²) in [5.41, 5.74) is 7.39. The third kappa shape index (κ3) is 2.07. The van der Waals surface area contributed by atoms with Crippen molar-refractivity contribution in [2.75, 3.05) is 0 Å². The summed E-state index contributed by atoms with van der Waals surface area (Å²) in [6, 6.07) is 5.60. The second kappa shape index (κ2) is 4.92. The maximum absolute atomic E-state index is 12.1. The molecule has 1 aromatic heterocycles. The maximum atomic E-state index is 12.1. The topological polar surface area (TPSA) is 116 Å². The van der Waals surface area contributed by atoms with E-state index >= 15 is 0 Å². The largest absolute Gasteiger partial charge is 0.427 e. The van der Waals surface area contributed by atoms with Crippen LogP contribution in [-0.4, -0.2) is 27.7 Å². The molecule has 24 heavy (non-hydrogen) atoms. The van der Waals surface area contributed by atoms with Gasteiger partial charge in [0.05, 0.1) is 6.20 Å². The number of hydrogen-bond donors (Lipinski definition) is 2. The van der Waals surface area contributed by atoms with Gasteiger partial charge in [-0.2, -0.15) is 5.10 Å². The van der Waals surface area contributed by atoms with Crippen molar-refractivity contribution in [2.45, 2.75) is 25.0 Å². The number of benzene rings is 1. The average molecular weight is 326 g/mol. The zero-order valence-electron chi connectivity index (χ0n) is 12.6. The highest BCUT2D eigenvalue weighted by Gasteiger charge is 2.54. The first-order valence-corrected chi connectivity index (χ1v) is 7.47. The van der Waals surface area contributed by atoms with Crippen molar-refractivity contribution < 1.29 is 19.1 Å². The summed E-state index contributed by atoms with van der Waals surface area (Å²) < 4.78 is 6.75. The molecule has 0 radical (unpaired) electrons. The fraction of sp³-hybridized carbons (Fsp3) is 0.250. The Morgan fingerprint density at radius 3 is 2.92 bits per heavy atom. The van der Waals surface area contributed by atoms with Crippen molar-refractivity contribution in [2.24, 2.45) is 5.73 Å². The lowest BCUT2D eigenvalue weighted by Gasteiger charge is -2.19. The fourth-order valence-electron chi connectivity index (χ4n) is 3.34. The lowest BCUT2D eigenvalue weighted by Crippen LogP contribution is -2.34. The number of hydrogen-bond acceptors (Lipinski definition) is 5. The molecule has 1 aliphatic heterocycles. The molecule has 3 amide bonds. The van der Waals surface area contributed by atoms with Gasteiger partial charge in [0.2, 0.25) is 11.5 Å². The minimum absolute atomic E-state index is 0.0180. The molecule has 1 unspecified atom stereocenters. The standard InChI is InChI=1S/C16H14N4O4/c17-13(21)8-20-7-11(6-18-20)9-1-2-12-10(5-9)3-4-16(12)14(22)19-15(23)24-16/h1-2,5-7H,3-4,8H2,(H2,17,21)(H,19,22,23). The van der Waals surface area contributed by atoms with Gasteiger partial charge in [0, 0.05) is 23.7 Å². The van der Waals surface area contributed by atoms with Crippen LogP contribution >= 0.6 is 0 Å². The number of ether oxygens (including phenoxy) is 1. The van der Waals surface area contributed by atoms with Gasteiger partial charge in [-0.15, -0.1) is 0 Å². The Kier molecular flexibility index (Phi) is 2.96. The van der Waals surface area contributed by atoms with Crippen LogP contribution in [0, 0.1) is 0 Å². The van der Waals surface area contributed by atoms with Crippen molar-refractivity contribution in [3.63, 3.8) is 0 Å². The molecular formula is C16H14N4O4. The summed E-state index contributed by atoms with van der Waals surface area (Å²) in [5, 5.41) is 6.30. The number of fused-ring (bicyclic) bond motifs is 2. The summed E-state index contributed by atoms with van der Waals surface area (Å²) in [7, 11) is 0. The Morgan fingerprint density at radius 2 is 2.21 bits per heavy atom. The second-order valence-electron chi connectivity index (χ2n) is 5.94. The number of nitrogens with zero attached hydrogens (tertiary/aromatic N) is 2. The Morgan fingerprint density at radius 1 is 1.38 bits per heavy atom. The number of rotatable bonds is 3. The Hall–Kier alpha value is -3.16. The predicted octanol–water partition coefficient (Wildman–Crippen LogP) is 0.443. The van der Waals surface area contributed by atoms with Crippen molar-refractivity contribution in [3.05, 3.63) is 41.7 Å². The van der Waals surface area contributed by atoms with Gasteiger partial charge >= 0.3 is 6.09 Å². The highest BCUT2D eigenvalue weighted by Crippen LogP contribution is 2.43. The zero-order valence-corrected chi connectivity index (χ0v) is 12.6. The van der Waals surface area contributed by atoms with Crippen molar-refractivity contribution in [1.29, 1.82) is 0 Å². The molecule has 1 fully saturated rings. The number of nitrogens with one attached hydrogen (secondary N) is 1. The van der Waals surface area contributed by atoms with Crippen LogP contribution in [0.2, 0.25) is 0 Å². The Labute approximate surface area is 136 Å². The number of imide groups is 1. The van der Waals surface area contributed by atoms with Crippen LogP contribution < -0.4 is 11.1 Å². The molecule has 1 atom stereocenters. The molecule has 4 rings (SSSR count). The van der Waals surface area contributed by atoms with E-state index in [9.17, 15) is 14.4 Å². The van der Waals surface area contributed by atoms with Gasteiger partial charge in [-0.05, 0) is 17.5 Å². The van der Waals surface area contributed by atoms with Gasteiger partial charge in [0.25, 0.3) is 5.91 Å². The molecule has 1 spiro atoms.